The second kappa shape index (κ2) is 9.29. The summed E-state index contributed by atoms with van der Waals surface area (Å²) in [5.41, 5.74) is 3.50. The van der Waals surface area contributed by atoms with Crippen molar-refractivity contribution in [3.05, 3.63) is 77.6 Å². The van der Waals surface area contributed by atoms with Crippen molar-refractivity contribution in [2.24, 2.45) is 0 Å². The van der Waals surface area contributed by atoms with Crippen LogP contribution in [0.3, 0.4) is 0 Å². The highest BCUT2D eigenvalue weighted by Gasteiger charge is 2.27. The van der Waals surface area contributed by atoms with Gasteiger partial charge in [-0.15, -0.1) is 0 Å². The number of rotatable bonds is 6. The molecule has 1 amide bonds. The van der Waals surface area contributed by atoms with Crippen molar-refractivity contribution >= 4 is 16.9 Å². The number of imidazole rings is 1. The fourth-order valence-electron chi connectivity index (χ4n) is 4.84. The number of para-hydroxylation sites is 1. The van der Waals surface area contributed by atoms with E-state index in [1.807, 2.05) is 48.4 Å². The molecule has 0 N–H and O–H groups in total. The quantitative estimate of drug-likeness (QED) is 0.433. The predicted molar refractivity (Wildman–Crippen MR) is 127 cm³/mol. The Kier molecular flexibility index (Phi) is 6.04. The van der Waals surface area contributed by atoms with E-state index in [0.29, 0.717) is 25.0 Å². The lowest BCUT2D eigenvalue weighted by Gasteiger charge is -2.33. The average Bonchev–Trinajstić information content (AvgIpc) is 3.41. The van der Waals surface area contributed by atoms with E-state index < -0.39 is 0 Å². The standard InChI is InChI=1S/C26H28FN5O2/c1-18-9-14-31(29-18)17-26(33)30-12-10-21(11-13-30)32-23-8-7-20(27)16-22(23)28-25(32)15-19-5-3-4-6-24(19)34-2/h3-9,14,16,21H,10-13,15,17H2,1-2H3. The zero-order valence-electron chi connectivity index (χ0n) is 19.4. The fourth-order valence-corrected chi connectivity index (χ4v) is 4.84. The molecule has 1 aliphatic heterocycles. The number of fused-ring (bicyclic) bond motifs is 1. The van der Waals surface area contributed by atoms with Gasteiger partial charge in [-0.05, 0) is 44.0 Å². The normalized spacial score (nSPS) is 14.6. The molecule has 0 spiro atoms. The first-order valence-electron chi connectivity index (χ1n) is 11.6. The molecule has 0 atom stereocenters. The molecule has 4 aromatic rings. The maximum atomic E-state index is 14.0. The number of halogens is 1. The van der Waals surface area contributed by atoms with Gasteiger partial charge in [0.05, 0.1) is 23.8 Å². The Bertz CT molecular complexity index is 1320. The first-order chi connectivity index (χ1) is 16.5. The van der Waals surface area contributed by atoms with E-state index in [1.165, 1.54) is 12.1 Å². The van der Waals surface area contributed by atoms with Crippen LogP contribution in [0.2, 0.25) is 0 Å². The SMILES string of the molecule is COc1ccccc1Cc1nc2cc(F)ccc2n1C1CCN(C(=O)Cn2ccc(C)n2)CC1. The number of nitrogens with zero attached hydrogens (tertiary/aromatic N) is 5. The fraction of sp³-hybridized carbons (Fsp3) is 0.346. The lowest BCUT2D eigenvalue weighted by Crippen LogP contribution is -2.41. The number of likely N-dealkylation sites (tertiary alicyclic amines) is 1. The molecule has 2 aromatic heterocycles. The minimum absolute atomic E-state index is 0.0772. The van der Waals surface area contributed by atoms with Crippen LogP contribution < -0.4 is 4.74 Å². The smallest absolute Gasteiger partial charge is 0.244 e. The highest BCUT2D eigenvalue weighted by Crippen LogP contribution is 2.31. The minimum Gasteiger partial charge on any atom is -0.496 e. The van der Waals surface area contributed by atoms with Crippen molar-refractivity contribution in [3.63, 3.8) is 0 Å². The van der Waals surface area contributed by atoms with E-state index in [1.54, 1.807) is 17.9 Å². The number of hydrogen-bond acceptors (Lipinski definition) is 4. The first kappa shape index (κ1) is 22.1. The lowest BCUT2D eigenvalue weighted by molar-refractivity contribution is -0.133. The summed E-state index contributed by atoms with van der Waals surface area (Å²) in [4.78, 5) is 19.5. The van der Waals surface area contributed by atoms with Gasteiger partial charge in [-0.3, -0.25) is 9.48 Å². The van der Waals surface area contributed by atoms with Gasteiger partial charge in [0.2, 0.25) is 5.91 Å². The third kappa shape index (κ3) is 4.40. The van der Waals surface area contributed by atoms with Gasteiger partial charge in [-0.1, -0.05) is 18.2 Å². The van der Waals surface area contributed by atoms with Crippen molar-refractivity contribution in [2.75, 3.05) is 20.2 Å². The molecular formula is C26H28FN5O2. The third-order valence-electron chi connectivity index (χ3n) is 6.52. The Labute approximate surface area is 197 Å². The molecule has 0 saturated carbocycles. The summed E-state index contributed by atoms with van der Waals surface area (Å²) in [5.74, 6) is 1.46. The topological polar surface area (TPSA) is 65.2 Å². The number of benzene rings is 2. The van der Waals surface area contributed by atoms with Crippen LogP contribution in [-0.4, -0.2) is 50.3 Å². The number of aryl methyl sites for hydroxylation is 1. The Hall–Kier alpha value is -3.68. The maximum Gasteiger partial charge on any atom is 0.244 e. The number of piperidine rings is 1. The van der Waals surface area contributed by atoms with Gasteiger partial charge in [-0.2, -0.15) is 5.10 Å². The summed E-state index contributed by atoms with van der Waals surface area (Å²) in [6, 6.07) is 14.7. The van der Waals surface area contributed by atoms with Gasteiger partial charge in [-0.25, -0.2) is 9.37 Å². The summed E-state index contributed by atoms with van der Waals surface area (Å²) < 4.78 is 23.4. The Morgan fingerprint density at radius 3 is 2.68 bits per heavy atom. The molecule has 5 rings (SSSR count). The van der Waals surface area contributed by atoms with Gasteiger partial charge >= 0.3 is 0 Å². The Morgan fingerprint density at radius 1 is 1.15 bits per heavy atom. The Morgan fingerprint density at radius 2 is 1.94 bits per heavy atom. The lowest BCUT2D eigenvalue weighted by atomic mass is 10.0. The van der Waals surface area contributed by atoms with Gasteiger partial charge in [0, 0.05) is 43.4 Å². The highest BCUT2D eigenvalue weighted by molar-refractivity contribution is 5.77. The summed E-state index contributed by atoms with van der Waals surface area (Å²) in [7, 11) is 1.66. The van der Waals surface area contributed by atoms with Crippen molar-refractivity contribution in [3.8, 4) is 5.75 Å². The van der Waals surface area contributed by atoms with Crippen molar-refractivity contribution < 1.29 is 13.9 Å². The van der Waals surface area contributed by atoms with E-state index in [2.05, 4.69) is 9.67 Å². The minimum atomic E-state index is -0.296. The van der Waals surface area contributed by atoms with Crippen LogP contribution in [0.1, 0.15) is 36.0 Å². The molecule has 1 aliphatic rings. The second-order valence-corrected chi connectivity index (χ2v) is 8.79. The van der Waals surface area contributed by atoms with Gasteiger partial charge in [0.1, 0.15) is 23.9 Å². The molecular weight excluding hydrogens is 433 g/mol. The highest BCUT2D eigenvalue weighted by atomic mass is 19.1. The first-order valence-corrected chi connectivity index (χ1v) is 11.6. The molecule has 7 nitrogen and oxygen atoms in total. The van der Waals surface area contributed by atoms with Crippen LogP contribution in [0.5, 0.6) is 5.75 Å². The number of amides is 1. The summed E-state index contributed by atoms with van der Waals surface area (Å²) in [5, 5.41) is 4.32. The van der Waals surface area contributed by atoms with Crippen molar-refractivity contribution in [2.45, 2.75) is 38.8 Å². The van der Waals surface area contributed by atoms with E-state index >= 15 is 0 Å². The van der Waals surface area contributed by atoms with Gasteiger partial charge in [0.25, 0.3) is 0 Å². The zero-order chi connectivity index (χ0) is 23.7. The number of ether oxygens (including phenoxy) is 1. The molecule has 3 heterocycles. The monoisotopic (exact) mass is 461 g/mol. The average molecular weight is 462 g/mol. The number of carbonyl (C=O) groups excluding carboxylic acids is 1. The number of carbonyl (C=O) groups is 1. The van der Waals surface area contributed by atoms with E-state index in [9.17, 15) is 9.18 Å². The maximum absolute atomic E-state index is 14.0. The Balaban J connectivity index is 1.38. The van der Waals surface area contributed by atoms with Crippen molar-refractivity contribution in [1.82, 2.24) is 24.2 Å². The van der Waals surface area contributed by atoms with Crippen LogP contribution in [0.4, 0.5) is 4.39 Å². The third-order valence-corrected chi connectivity index (χ3v) is 6.52. The van der Waals surface area contributed by atoms with Crippen LogP contribution >= 0.6 is 0 Å². The molecule has 34 heavy (non-hydrogen) atoms. The van der Waals surface area contributed by atoms with E-state index in [4.69, 9.17) is 9.72 Å². The molecule has 8 heteroatoms. The van der Waals surface area contributed by atoms with Crippen LogP contribution in [0.15, 0.2) is 54.7 Å². The number of aromatic nitrogens is 4. The molecule has 0 radical (unpaired) electrons. The molecule has 0 bridgehead atoms. The predicted octanol–water partition coefficient (Wildman–Crippen LogP) is 4.14. The van der Waals surface area contributed by atoms with E-state index in [0.717, 1.165) is 41.2 Å². The summed E-state index contributed by atoms with van der Waals surface area (Å²) in [6.07, 6.45) is 4.04. The van der Waals surface area contributed by atoms with Gasteiger partial charge in [0.15, 0.2) is 0 Å². The molecule has 0 aliphatic carbocycles. The molecule has 1 fully saturated rings. The number of hydrogen-bond donors (Lipinski definition) is 0. The molecule has 0 unspecified atom stereocenters. The van der Waals surface area contributed by atoms with Crippen LogP contribution in [0, 0.1) is 12.7 Å². The largest absolute Gasteiger partial charge is 0.496 e. The summed E-state index contributed by atoms with van der Waals surface area (Å²) in [6.45, 7) is 3.50. The molecule has 176 valence electrons. The molecule has 1 saturated heterocycles. The van der Waals surface area contributed by atoms with Crippen LogP contribution in [0.25, 0.3) is 11.0 Å². The molecule has 2 aromatic carbocycles. The van der Waals surface area contributed by atoms with Crippen LogP contribution in [-0.2, 0) is 17.8 Å². The zero-order valence-corrected chi connectivity index (χ0v) is 19.4. The van der Waals surface area contributed by atoms with Crippen molar-refractivity contribution in [1.29, 1.82) is 0 Å². The number of methoxy groups -OCH3 is 1. The van der Waals surface area contributed by atoms with E-state index in [-0.39, 0.29) is 24.3 Å². The second-order valence-electron chi connectivity index (χ2n) is 8.79. The van der Waals surface area contributed by atoms with Gasteiger partial charge < -0.3 is 14.2 Å². The summed E-state index contributed by atoms with van der Waals surface area (Å²) >= 11 is 0.